The van der Waals surface area contributed by atoms with E-state index in [1.165, 1.54) is 19.3 Å². The van der Waals surface area contributed by atoms with Crippen LogP contribution in [0.1, 0.15) is 31.7 Å². The first-order valence-corrected chi connectivity index (χ1v) is 4.97. The Labute approximate surface area is 78.5 Å². The van der Waals surface area contributed by atoms with Gasteiger partial charge in [-0.25, -0.2) is 0 Å². The van der Waals surface area contributed by atoms with Crippen molar-refractivity contribution in [3.05, 3.63) is 18.0 Å². The maximum absolute atomic E-state index is 5.65. The van der Waals surface area contributed by atoms with Gasteiger partial charge in [0.15, 0.2) is 0 Å². The van der Waals surface area contributed by atoms with E-state index < -0.39 is 0 Å². The van der Waals surface area contributed by atoms with Gasteiger partial charge in [0, 0.05) is 18.3 Å². The van der Waals surface area contributed by atoms with Crippen molar-refractivity contribution in [2.45, 2.75) is 38.6 Å². The summed E-state index contributed by atoms with van der Waals surface area (Å²) in [5, 5.41) is 4.19. The predicted molar refractivity (Wildman–Crippen MR) is 51.3 cm³/mol. The van der Waals surface area contributed by atoms with Crippen molar-refractivity contribution in [1.29, 1.82) is 0 Å². The summed E-state index contributed by atoms with van der Waals surface area (Å²) < 4.78 is 1.97. The zero-order chi connectivity index (χ0) is 8.81. The Balaban J connectivity index is 2.31. The van der Waals surface area contributed by atoms with Gasteiger partial charge in [-0.1, -0.05) is 19.8 Å². The fraction of sp³-hybridized carbons (Fsp3) is 0.667. The number of hydrogen-bond acceptors (Lipinski definition) is 1. The molecule has 0 N–H and O–H groups in total. The first-order valence-electron chi connectivity index (χ1n) is 4.44. The minimum Gasteiger partial charge on any atom is -0.272 e. The van der Waals surface area contributed by atoms with Gasteiger partial charge < -0.3 is 0 Å². The zero-order valence-electron chi connectivity index (χ0n) is 7.46. The number of halogens is 1. The molecule has 0 atom stereocenters. The number of unbranched alkanes of at least 4 members (excludes halogenated alkanes) is 2. The number of rotatable bonds is 5. The molecule has 0 aliphatic rings. The van der Waals surface area contributed by atoms with Gasteiger partial charge >= 0.3 is 0 Å². The van der Waals surface area contributed by atoms with Crippen molar-refractivity contribution in [1.82, 2.24) is 9.78 Å². The van der Waals surface area contributed by atoms with E-state index in [9.17, 15) is 0 Å². The van der Waals surface area contributed by atoms with Crippen LogP contribution in [-0.2, 0) is 12.4 Å². The molecule has 1 heterocycles. The molecule has 3 heteroatoms. The SMILES string of the molecule is CCCCCn1cc(CCl)cn1. The third-order valence-electron chi connectivity index (χ3n) is 1.83. The Bertz CT molecular complexity index is 220. The number of hydrogen-bond donors (Lipinski definition) is 0. The molecule has 1 rings (SSSR count). The lowest BCUT2D eigenvalue weighted by molar-refractivity contribution is 0.553. The van der Waals surface area contributed by atoms with Crippen molar-refractivity contribution < 1.29 is 0 Å². The summed E-state index contributed by atoms with van der Waals surface area (Å²) in [5.41, 5.74) is 1.10. The molecule has 0 aromatic carbocycles. The van der Waals surface area contributed by atoms with E-state index in [2.05, 4.69) is 12.0 Å². The average molecular weight is 187 g/mol. The monoisotopic (exact) mass is 186 g/mol. The van der Waals surface area contributed by atoms with Crippen LogP contribution in [0.3, 0.4) is 0 Å². The molecule has 0 spiro atoms. The Morgan fingerprint density at radius 1 is 1.50 bits per heavy atom. The molecule has 12 heavy (non-hydrogen) atoms. The molecule has 68 valence electrons. The van der Waals surface area contributed by atoms with Gasteiger partial charge in [0.05, 0.1) is 12.1 Å². The summed E-state index contributed by atoms with van der Waals surface area (Å²) >= 11 is 5.65. The van der Waals surface area contributed by atoms with Crippen LogP contribution in [0.4, 0.5) is 0 Å². The van der Waals surface area contributed by atoms with Gasteiger partial charge in [-0.05, 0) is 6.42 Å². The molecule has 1 aromatic heterocycles. The van der Waals surface area contributed by atoms with Gasteiger partial charge in [-0.3, -0.25) is 4.68 Å². The fourth-order valence-electron chi connectivity index (χ4n) is 1.12. The van der Waals surface area contributed by atoms with E-state index in [0.717, 1.165) is 12.1 Å². The fourth-order valence-corrected chi connectivity index (χ4v) is 1.26. The van der Waals surface area contributed by atoms with Crippen molar-refractivity contribution in [2.24, 2.45) is 0 Å². The summed E-state index contributed by atoms with van der Waals surface area (Å²) in [6, 6.07) is 0. The topological polar surface area (TPSA) is 17.8 Å². The second kappa shape index (κ2) is 5.20. The summed E-state index contributed by atoms with van der Waals surface area (Å²) in [4.78, 5) is 0. The van der Waals surface area contributed by atoms with Crippen LogP contribution in [0.15, 0.2) is 12.4 Å². The van der Waals surface area contributed by atoms with Crippen molar-refractivity contribution in [2.75, 3.05) is 0 Å². The molecule has 0 aliphatic carbocycles. The second-order valence-corrected chi connectivity index (χ2v) is 3.22. The quantitative estimate of drug-likeness (QED) is 0.511. The van der Waals surface area contributed by atoms with E-state index in [-0.39, 0.29) is 0 Å². The van der Waals surface area contributed by atoms with Crippen LogP contribution in [0.5, 0.6) is 0 Å². The van der Waals surface area contributed by atoms with Gasteiger partial charge in [0.1, 0.15) is 0 Å². The number of aromatic nitrogens is 2. The molecular weight excluding hydrogens is 172 g/mol. The molecule has 2 nitrogen and oxygen atoms in total. The van der Waals surface area contributed by atoms with Crippen molar-refractivity contribution in [3.63, 3.8) is 0 Å². The average Bonchev–Trinajstić information content (AvgIpc) is 2.53. The Hall–Kier alpha value is -0.500. The second-order valence-electron chi connectivity index (χ2n) is 2.95. The van der Waals surface area contributed by atoms with Crippen molar-refractivity contribution in [3.8, 4) is 0 Å². The van der Waals surface area contributed by atoms with Crippen LogP contribution in [0, 0.1) is 0 Å². The largest absolute Gasteiger partial charge is 0.272 e. The maximum atomic E-state index is 5.65. The normalized spacial score (nSPS) is 10.5. The van der Waals surface area contributed by atoms with E-state index in [1.807, 2.05) is 17.1 Å². The van der Waals surface area contributed by atoms with Crippen LogP contribution in [0.25, 0.3) is 0 Å². The highest BCUT2D eigenvalue weighted by molar-refractivity contribution is 6.17. The lowest BCUT2D eigenvalue weighted by atomic mass is 10.2. The molecule has 0 aliphatic heterocycles. The Morgan fingerprint density at radius 2 is 2.33 bits per heavy atom. The molecular formula is C9H15ClN2. The van der Waals surface area contributed by atoms with Gasteiger partial charge in [0.25, 0.3) is 0 Å². The lowest BCUT2D eigenvalue weighted by Crippen LogP contribution is -1.97. The van der Waals surface area contributed by atoms with Crippen LogP contribution in [0.2, 0.25) is 0 Å². The summed E-state index contributed by atoms with van der Waals surface area (Å²) in [7, 11) is 0. The van der Waals surface area contributed by atoms with Crippen molar-refractivity contribution >= 4 is 11.6 Å². The highest BCUT2D eigenvalue weighted by Crippen LogP contribution is 2.03. The molecule has 0 saturated carbocycles. The third kappa shape index (κ3) is 2.86. The summed E-state index contributed by atoms with van der Waals surface area (Å²) in [5.74, 6) is 0.563. The molecule has 0 fully saturated rings. The Morgan fingerprint density at radius 3 is 2.92 bits per heavy atom. The zero-order valence-corrected chi connectivity index (χ0v) is 8.22. The highest BCUT2D eigenvalue weighted by Gasteiger charge is 1.95. The van der Waals surface area contributed by atoms with Crippen LogP contribution >= 0.6 is 11.6 Å². The van der Waals surface area contributed by atoms with E-state index in [0.29, 0.717) is 5.88 Å². The van der Waals surface area contributed by atoms with E-state index in [1.54, 1.807) is 0 Å². The molecule has 1 aromatic rings. The van der Waals surface area contributed by atoms with E-state index in [4.69, 9.17) is 11.6 Å². The number of aryl methyl sites for hydroxylation is 1. The maximum Gasteiger partial charge on any atom is 0.0533 e. The smallest absolute Gasteiger partial charge is 0.0533 e. The first-order chi connectivity index (χ1) is 5.86. The molecule has 0 unspecified atom stereocenters. The van der Waals surface area contributed by atoms with Crippen LogP contribution < -0.4 is 0 Å². The van der Waals surface area contributed by atoms with E-state index >= 15 is 0 Å². The van der Waals surface area contributed by atoms with Crippen LogP contribution in [-0.4, -0.2) is 9.78 Å². The van der Waals surface area contributed by atoms with Gasteiger partial charge in [0.2, 0.25) is 0 Å². The van der Waals surface area contributed by atoms with Gasteiger partial charge in [-0.15, -0.1) is 11.6 Å². The summed E-state index contributed by atoms with van der Waals surface area (Å²) in [6.45, 7) is 3.22. The predicted octanol–water partition coefficient (Wildman–Crippen LogP) is 2.81. The number of alkyl halides is 1. The lowest BCUT2D eigenvalue weighted by Gasteiger charge is -1.98. The molecule has 0 radical (unpaired) electrons. The third-order valence-corrected chi connectivity index (χ3v) is 2.14. The highest BCUT2D eigenvalue weighted by atomic mass is 35.5. The number of nitrogens with zero attached hydrogens (tertiary/aromatic N) is 2. The minimum atomic E-state index is 0.563. The summed E-state index contributed by atoms with van der Waals surface area (Å²) in [6.07, 6.45) is 7.58. The molecule has 0 bridgehead atoms. The Kier molecular flexibility index (Phi) is 4.15. The standard InChI is InChI=1S/C9H15ClN2/c1-2-3-4-5-12-8-9(6-10)7-11-12/h7-8H,2-6H2,1H3. The minimum absolute atomic E-state index is 0.563. The first kappa shape index (κ1) is 9.59. The molecule has 0 amide bonds. The van der Waals surface area contributed by atoms with Gasteiger partial charge in [-0.2, -0.15) is 5.10 Å². The molecule has 0 saturated heterocycles.